The fourth-order valence-corrected chi connectivity index (χ4v) is 3.64. The molecular formula is C29H42O. The fraction of sp³-hybridized carbons (Fsp3) is 0.448. The predicted molar refractivity (Wildman–Crippen MR) is 134 cm³/mol. The largest absolute Gasteiger partial charge is 0.507 e. The normalized spacial score (nSPS) is 10.2. The van der Waals surface area contributed by atoms with Crippen LogP contribution in [0.25, 0.3) is 0 Å². The van der Waals surface area contributed by atoms with Gasteiger partial charge in [-0.05, 0) is 134 Å². The summed E-state index contributed by atoms with van der Waals surface area (Å²) in [5.41, 5.74) is 14.3. The van der Waals surface area contributed by atoms with Crippen LogP contribution in [0, 0.1) is 48.5 Å². The molecule has 0 radical (unpaired) electrons. The average Bonchev–Trinajstić information content (AvgIpc) is 2.64. The molecule has 2 aromatic carbocycles. The quantitative estimate of drug-likeness (QED) is 0.507. The van der Waals surface area contributed by atoms with Crippen molar-refractivity contribution in [3.05, 3.63) is 85.5 Å². The van der Waals surface area contributed by atoms with Gasteiger partial charge in [-0.2, -0.15) is 0 Å². The van der Waals surface area contributed by atoms with Crippen LogP contribution in [0.15, 0.2) is 35.4 Å². The second-order valence-corrected chi connectivity index (χ2v) is 9.17. The summed E-state index contributed by atoms with van der Waals surface area (Å²) in [6.07, 6.45) is 6.35. The van der Waals surface area contributed by atoms with Gasteiger partial charge >= 0.3 is 0 Å². The number of hydrogen-bond acceptors (Lipinski definition) is 1. The number of aryl methyl sites for hydroxylation is 4. The summed E-state index contributed by atoms with van der Waals surface area (Å²) in [6, 6.07) is 4.44. The molecule has 0 fully saturated rings. The summed E-state index contributed by atoms with van der Waals surface area (Å²) in [4.78, 5) is 0. The average molecular weight is 407 g/mol. The lowest BCUT2D eigenvalue weighted by Crippen LogP contribution is -1.98. The van der Waals surface area contributed by atoms with Crippen LogP contribution in [0.1, 0.15) is 77.8 Å². The molecule has 0 saturated carbocycles. The molecule has 0 aliphatic heterocycles. The third-order valence-electron chi connectivity index (χ3n) is 6.09. The van der Waals surface area contributed by atoms with E-state index in [9.17, 15) is 5.11 Å². The molecule has 2 aromatic rings. The molecule has 2 rings (SSSR count). The number of allylic oxidation sites excluding steroid dienone is 4. The van der Waals surface area contributed by atoms with Gasteiger partial charge in [-0.1, -0.05) is 35.4 Å². The van der Waals surface area contributed by atoms with E-state index in [1.807, 2.05) is 13.8 Å². The number of hydrogen-bond donors (Lipinski definition) is 1. The molecule has 30 heavy (non-hydrogen) atoms. The highest BCUT2D eigenvalue weighted by Gasteiger charge is 2.09. The van der Waals surface area contributed by atoms with Crippen LogP contribution >= 0.6 is 0 Å². The number of benzene rings is 2. The Morgan fingerprint density at radius 2 is 1.00 bits per heavy atom. The van der Waals surface area contributed by atoms with Crippen molar-refractivity contribution in [3.63, 3.8) is 0 Å². The zero-order valence-corrected chi connectivity index (χ0v) is 21.2. The number of aromatic hydroxyl groups is 1. The standard InChI is InChI=1S/C15H22.C14H20O/c1-10(2)7-8-15-12(4)9-11(3)13(5)14(15)6;1-9(2)6-7-13-11(4)8-10(3)12(5)14(13)15/h7,9H,8H2,1-6H3;6,8,15H,7H2,1-5H3. The molecule has 0 spiro atoms. The van der Waals surface area contributed by atoms with Gasteiger partial charge in [-0.25, -0.2) is 0 Å². The molecule has 0 aliphatic rings. The van der Waals surface area contributed by atoms with Gasteiger partial charge in [0.1, 0.15) is 5.75 Å². The zero-order valence-electron chi connectivity index (χ0n) is 21.2. The maximum absolute atomic E-state index is 10.0. The maximum Gasteiger partial charge on any atom is 0.122 e. The Kier molecular flexibility index (Phi) is 9.62. The second-order valence-electron chi connectivity index (χ2n) is 9.17. The van der Waals surface area contributed by atoms with E-state index in [4.69, 9.17) is 0 Å². The van der Waals surface area contributed by atoms with E-state index >= 15 is 0 Å². The van der Waals surface area contributed by atoms with Crippen LogP contribution in [0.3, 0.4) is 0 Å². The van der Waals surface area contributed by atoms with Gasteiger partial charge < -0.3 is 5.11 Å². The van der Waals surface area contributed by atoms with Crippen molar-refractivity contribution >= 4 is 0 Å². The Labute approximate surface area is 185 Å². The molecule has 0 aliphatic carbocycles. The summed E-state index contributed by atoms with van der Waals surface area (Å²) < 4.78 is 0. The van der Waals surface area contributed by atoms with Crippen LogP contribution in [-0.2, 0) is 12.8 Å². The molecule has 0 amide bonds. The van der Waals surface area contributed by atoms with Gasteiger partial charge in [0.05, 0.1) is 0 Å². The SMILES string of the molecule is CC(C)=CCc1c(C)cc(C)c(C)c1C.CC(C)=CCc1c(C)cc(C)c(C)c1O. The van der Waals surface area contributed by atoms with Crippen molar-refractivity contribution in [2.45, 2.75) is 89.0 Å². The fourth-order valence-electron chi connectivity index (χ4n) is 3.64. The molecule has 164 valence electrons. The van der Waals surface area contributed by atoms with Crippen molar-refractivity contribution < 1.29 is 5.11 Å². The van der Waals surface area contributed by atoms with E-state index < -0.39 is 0 Å². The van der Waals surface area contributed by atoms with Gasteiger partial charge in [0, 0.05) is 5.56 Å². The molecule has 1 N–H and O–H groups in total. The first kappa shape index (κ1) is 25.8. The Balaban J connectivity index is 0.000000300. The van der Waals surface area contributed by atoms with Crippen LogP contribution < -0.4 is 0 Å². The van der Waals surface area contributed by atoms with Gasteiger partial charge in [-0.15, -0.1) is 0 Å². The smallest absolute Gasteiger partial charge is 0.122 e. The Morgan fingerprint density at radius 1 is 0.600 bits per heavy atom. The monoisotopic (exact) mass is 406 g/mol. The van der Waals surface area contributed by atoms with Crippen LogP contribution in [-0.4, -0.2) is 5.11 Å². The second kappa shape index (κ2) is 11.2. The summed E-state index contributed by atoms with van der Waals surface area (Å²) in [6.45, 7) is 23.4. The molecule has 0 atom stereocenters. The first-order valence-corrected chi connectivity index (χ1v) is 11.0. The minimum absolute atomic E-state index is 0.463. The summed E-state index contributed by atoms with van der Waals surface area (Å²) >= 11 is 0. The van der Waals surface area contributed by atoms with Crippen molar-refractivity contribution in [1.82, 2.24) is 0 Å². The van der Waals surface area contributed by atoms with E-state index in [-0.39, 0.29) is 0 Å². The number of phenols is 1. The third kappa shape index (κ3) is 6.90. The minimum atomic E-state index is 0.463. The summed E-state index contributed by atoms with van der Waals surface area (Å²) in [5, 5.41) is 10.0. The summed E-state index contributed by atoms with van der Waals surface area (Å²) in [5.74, 6) is 0.463. The van der Waals surface area contributed by atoms with E-state index in [0.717, 1.165) is 29.5 Å². The first-order valence-electron chi connectivity index (χ1n) is 11.0. The molecular weight excluding hydrogens is 364 g/mol. The van der Waals surface area contributed by atoms with Gasteiger partial charge in [-0.3, -0.25) is 0 Å². The lowest BCUT2D eigenvalue weighted by Gasteiger charge is -2.13. The van der Waals surface area contributed by atoms with Gasteiger partial charge in [0.15, 0.2) is 0 Å². The third-order valence-corrected chi connectivity index (χ3v) is 6.09. The van der Waals surface area contributed by atoms with Crippen molar-refractivity contribution in [2.24, 2.45) is 0 Å². The first-order chi connectivity index (χ1) is 13.9. The molecule has 0 unspecified atom stereocenters. The van der Waals surface area contributed by atoms with E-state index in [0.29, 0.717) is 5.75 Å². The van der Waals surface area contributed by atoms with Crippen molar-refractivity contribution in [3.8, 4) is 5.75 Å². The van der Waals surface area contributed by atoms with E-state index in [2.05, 4.69) is 86.6 Å². The molecule has 1 heteroatoms. The molecule has 1 nitrogen and oxygen atoms in total. The topological polar surface area (TPSA) is 20.2 Å². The number of rotatable bonds is 4. The highest BCUT2D eigenvalue weighted by Crippen LogP contribution is 2.29. The minimum Gasteiger partial charge on any atom is -0.507 e. The van der Waals surface area contributed by atoms with E-state index in [1.54, 1.807) is 0 Å². The molecule has 0 aromatic heterocycles. The summed E-state index contributed by atoms with van der Waals surface area (Å²) in [7, 11) is 0. The molecule has 0 bridgehead atoms. The predicted octanol–water partition coefficient (Wildman–Crippen LogP) is 8.26. The lowest BCUT2D eigenvalue weighted by molar-refractivity contribution is 0.464. The zero-order chi connectivity index (χ0) is 23.2. The Hall–Kier alpha value is -2.28. The van der Waals surface area contributed by atoms with Crippen LogP contribution in [0.2, 0.25) is 0 Å². The van der Waals surface area contributed by atoms with Gasteiger partial charge in [0.2, 0.25) is 0 Å². The van der Waals surface area contributed by atoms with Crippen LogP contribution in [0.5, 0.6) is 5.75 Å². The Bertz CT molecular complexity index is 868. The Morgan fingerprint density at radius 3 is 1.47 bits per heavy atom. The highest BCUT2D eigenvalue weighted by molar-refractivity contribution is 5.49. The molecule has 0 heterocycles. The van der Waals surface area contributed by atoms with Crippen molar-refractivity contribution in [2.75, 3.05) is 0 Å². The highest BCUT2D eigenvalue weighted by atomic mass is 16.3. The van der Waals surface area contributed by atoms with Crippen molar-refractivity contribution in [1.29, 1.82) is 0 Å². The van der Waals surface area contributed by atoms with E-state index in [1.165, 1.54) is 44.5 Å². The lowest BCUT2D eigenvalue weighted by atomic mass is 9.92. The maximum atomic E-state index is 10.0. The molecule has 0 saturated heterocycles. The van der Waals surface area contributed by atoms with Gasteiger partial charge in [0.25, 0.3) is 0 Å². The number of phenolic OH excluding ortho intramolecular Hbond substituents is 1. The van der Waals surface area contributed by atoms with Crippen LogP contribution in [0.4, 0.5) is 0 Å².